The molecule has 0 unspecified atom stereocenters. The van der Waals surface area contributed by atoms with Crippen LogP contribution >= 0.6 is 0 Å². The highest BCUT2D eigenvalue weighted by atomic mass is 16.6. The molecule has 2 aliphatic rings. The molecule has 2 aromatic carbocycles. The van der Waals surface area contributed by atoms with Crippen molar-refractivity contribution in [2.45, 2.75) is 50.8 Å². The lowest BCUT2D eigenvalue weighted by molar-refractivity contribution is -0.138. The van der Waals surface area contributed by atoms with Gasteiger partial charge in [0.1, 0.15) is 6.61 Å². The van der Waals surface area contributed by atoms with E-state index in [1.807, 2.05) is 38.1 Å². The fraction of sp³-hybridized carbons (Fsp3) is 0.423. The molecule has 3 N–H and O–H groups in total. The number of carbonyl (C=O) groups excluding carboxylic acids is 2. The van der Waals surface area contributed by atoms with Gasteiger partial charge in [0.25, 0.3) is 5.91 Å². The normalized spacial score (nSPS) is 19.9. The summed E-state index contributed by atoms with van der Waals surface area (Å²) in [4.78, 5) is 36.5. The van der Waals surface area contributed by atoms with Gasteiger partial charge in [-0.25, -0.2) is 4.79 Å². The number of ether oxygens (including phenoxy) is 2. The van der Waals surface area contributed by atoms with Crippen molar-refractivity contribution < 1.29 is 29.0 Å². The molecule has 1 saturated heterocycles. The maximum atomic E-state index is 12.8. The summed E-state index contributed by atoms with van der Waals surface area (Å²) in [6.45, 7) is 4.18. The lowest BCUT2D eigenvalue weighted by Gasteiger charge is -2.25. The van der Waals surface area contributed by atoms with Gasteiger partial charge in [-0.05, 0) is 34.6 Å². The minimum atomic E-state index is -0.986. The Hall–Kier alpha value is -3.39. The van der Waals surface area contributed by atoms with Gasteiger partial charge in [-0.2, -0.15) is 0 Å². The number of fused-ring (bicyclic) bond motifs is 3. The van der Waals surface area contributed by atoms with Crippen LogP contribution in [0.3, 0.4) is 0 Å². The lowest BCUT2D eigenvalue weighted by atomic mass is 9.98. The molecule has 8 nitrogen and oxygen atoms in total. The fourth-order valence-electron chi connectivity index (χ4n) is 4.69. The molecule has 1 aliphatic heterocycles. The Balaban J connectivity index is 1.36. The molecule has 2 amide bonds. The molecule has 0 aromatic heterocycles. The minimum absolute atomic E-state index is 0.0557. The number of hydrogen-bond donors (Lipinski definition) is 3. The smallest absolute Gasteiger partial charge is 0.407 e. The van der Waals surface area contributed by atoms with Gasteiger partial charge in [-0.15, -0.1) is 0 Å². The summed E-state index contributed by atoms with van der Waals surface area (Å²) in [7, 11) is 0. The molecule has 1 fully saturated rings. The van der Waals surface area contributed by atoms with Crippen LogP contribution in [0.25, 0.3) is 11.1 Å². The first-order chi connectivity index (χ1) is 16.3. The third-order valence-corrected chi connectivity index (χ3v) is 6.52. The van der Waals surface area contributed by atoms with Crippen LogP contribution in [0.2, 0.25) is 0 Å². The van der Waals surface area contributed by atoms with E-state index in [1.165, 1.54) is 0 Å². The van der Waals surface area contributed by atoms with Gasteiger partial charge in [-0.3, -0.25) is 9.59 Å². The minimum Gasteiger partial charge on any atom is -0.481 e. The first-order valence-electron chi connectivity index (χ1n) is 11.6. The predicted molar refractivity (Wildman–Crippen MR) is 125 cm³/mol. The van der Waals surface area contributed by atoms with Crippen LogP contribution in [0.1, 0.15) is 43.7 Å². The first kappa shape index (κ1) is 23.8. The van der Waals surface area contributed by atoms with Gasteiger partial charge in [0.15, 0.2) is 6.10 Å². The topological polar surface area (TPSA) is 114 Å². The highest BCUT2D eigenvalue weighted by Crippen LogP contribution is 2.44. The molecule has 34 heavy (non-hydrogen) atoms. The van der Waals surface area contributed by atoms with Gasteiger partial charge in [-0.1, -0.05) is 62.4 Å². The third-order valence-electron chi connectivity index (χ3n) is 6.52. The highest BCUT2D eigenvalue weighted by molar-refractivity contribution is 5.84. The zero-order valence-electron chi connectivity index (χ0n) is 19.3. The van der Waals surface area contributed by atoms with E-state index in [9.17, 15) is 14.4 Å². The zero-order valence-corrected chi connectivity index (χ0v) is 19.3. The number of amides is 2. The molecule has 180 valence electrons. The Bertz CT molecular complexity index is 1020. The maximum absolute atomic E-state index is 12.8. The largest absolute Gasteiger partial charge is 0.481 e. The summed E-state index contributed by atoms with van der Waals surface area (Å²) in [6.07, 6.45) is -1.22. The Morgan fingerprint density at radius 2 is 1.68 bits per heavy atom. The van der Waals surface area contributed by atoms with Crippen LogP contribution in [-0.2, 0) is 19.1 Å². The van der Waals surface area contributed by atoms with Crippen LogP contribution in [0.15, 0.2) is 48.5 Å². The van der Waals surface area contributed by atoms with Crippen LogP contribution in [0, 0.1) is 5.92 Å². The molecule has 2 aromatic rings. The molecule has 4 rings (SSSR count). The summed E-state index contributed by atoms with van der Waals surface area (Å²) in [5, 5.41) is 14.6. The van der Waals surface area contributed by atoms with Crippen molar-refractivity contribution in [3.63, 3.8) is 0 Å². The van der Waals surface area contributed by atoms with E-state index in [0.717, 1.165) is 22.3 Å². The van der Waals surface area contributed by atoms with E-state index < -0.39 is 36.2 Å². The Labute approximate surface area is 198 Å². The Morgan fingerprint density at radius 3 is 2.26 bits per heavy atom. The second-order valence-corrected chi connectivity index (χ2v) is 9.11. The van der Waals surface area contributed by atoms with E-state index in [2.05, 4.69) is 34.9 Å². The highest BCUT2D eigenvalue weighted by Gasteiger charge is 2.37. The molecule has 1 heterocycles. The number of rotatable bonds is 8. The number of carboxylic acid groups (broad SMARTS) is 1. The number of alkyl carbamates (subject to hydrolysis) is 1. The first-order valence-corrected chi connectivity index (χ1v) is 11.6. The van der Waals surface area contributed by atoms with Crippen molar-refractivity contribution in [3.8, 4) is 11.1 Å². The zero-order chi connectivity index (χ0) is 24.2. The summed E-state index contributed by atoms with van der Waals surface area (Å²) >= 11 is 0. The van der Waals surface area contributed by atoms with Crippen molar-refractivity contribution in [2.75, 3.05) is 13.2 Å². The summed E-state index contributed by atoms with van der Waals surface area (Å²) in [5.41, 5.74) is 4.54. The van der Waals surface area contributed by atoms with Crippen molar-refractivity contribution in [1.82, 2.24) is 10.6 Å². The number of carboxylic acids is 1. The monoisotopic (exact) mass is 466 g/mol. The van der Waals surface area contributed by atoms with Crippen LogP contribution in [-0.4, -0.2) is 54.5 Å². The molecular weight excluding hydrogens is 436 g/mol. The average molecular weight is 467 g/mol. The van der Waals surface area contributed by atoms with E-state index >= 15 is 0 Å². The second-order valence-electron chi connectivity index (χ2n) is 9.11. The molecule has 8 heteroatoms. The van der Waals surface area contributed by atoms with Gasteiger partial charge in [0, 0.05) is 18.6 Å². The summed E-state index contributed by atoms with van der Waals surface area (Å²) < 4.78 is 11.1. The number of carbonyl (C=O) groups is 3. The number of hydrogen-bond acceptors (Lipinski definition) is 5. The Kier molecular flexibility index (Phi) is 7.17. The van der Waals surface area contributed by atoms with Crippen LogP contribution in [0.5, 0.6) is 0 Å². The second kappa shape index (κ2) is 10.3. The van der Waals surface area contributed by atoms with Crippen molar-refractivity contribution in [2.24, 2.45) is 5.92 Å². The maximum Gasteiger partial charge on any atom is 0.407 e. The van der Waals surface area contributed by atoms with E-state index in [-0.39, 0.29) is 24.9 Å². The Morgan fingerprint density at radius 1 is 1.06 bits per heavy atom. The quantitative estimate of drug-likeness (QED) is 0.550. The van der Waals surface area contributed by atoms with Gasteiger partial charge >= 0.3 is 12.1 Å². The molecular formula is C26H30N2O6. The van der Waals surface area contributed by atoms with Gasteiger partial charge < -0.3 is 25.2 Å². The van der Waals surface area contributed by atoms with Crippen molar-refractivity contribution in [1.29, 1.82) is 0 Å². The fourth-order valence-corrected chi connectivity index (χ4v) is 4.69. The van der Waals surface area contributed by atoms with Gasteiger partial charge in [0.2, 0.25) is 0 Å². The summed E-state index contributed by atoms with van der Waals surface area (Å²) in [6, 6.07) is 15.1. The average Bonchev–Trinajstić information content (AvgIpc) is 3.39. The van der Waals surface area contributed by atoms with Crippen molar-refractivity contribution in [3.05, 3.63) is 59.7 Å². The summed E-state index contributed by atoms with van der Waals surface area (Å²) in [5.74, 6) is -1.53. The lowest BCUT2D eigenvalue weighted by Crippen LogP contribution is -2.52. The van der Waals surface area contributed by atoms with Crippen LogP contribution < -0.4 is 10.6 Å². The molecule has 0 spiro atoms. The van der Waals surface area contributed by atoms with E-state index in [1.54, 1.807) is 0 Å². The van der Waals surface area contributed by atoms with Crippen LogP contribution in [0.4, 0.5) is 4.79 Å². The SMILES string of the molecule is CC(C)[C@H](CC(=O)O)NC(=O)[C@H]1OCC[C@H]1NC(=O)OCC1c2ccccc2-c2ccccc21. The van der Waals surface area contributed by atoms with E-state index in [0.29, 0.717) is 13.0 Å². The standard InChI is InChI=1S/C26H30N2O6/c1-15(2)22(13-23(29)30)27-25(31)24-21(11-12-33-24)28-26(32)34-14-20-18-9-5-3-7-16(18)17-8-4-6-10-19(17)20/h3-10,15,20-22,24H,11-14H2,1-2H3,(H,27,31)(H,28,32)(H,29,30)/t21-,22+,24+/m1/s1. The predicted octanol–water partition coefficient (Wildman–Crippen LogP) is 3.30. The number of aliphatic carboxylic acids is 1. The van der Waals surface area contributed by atoms with E-state index in [4.69, 9.17) is 14.6 Å². The number of benzene rings is 2. The molecule has 0 radical (unpaired) electrons. The van der Waals surface area contributed by atoms with Gasteiger partial charge in [0.05, 0.1) is 12.5 Å². The number of nitrogens with one attached hydrogen (secondary N) is 2. The third kappa shape index (κ3) is 5.07. The molecule has 1 aliphatic carbocycles. The molecule has 3 atom stereocenters. The van der Waals surface area contributed by atoms with Crippen molar-refractivity contribution >= 4 is 18.0 Å². The molecule has 0 bridgehead atoms. The molecule has 0 saturated carbocycles.